The van der Waals surface area contributed by atoms with Crippen LogP contribution in [0.25, 0.3) is 0 Å². The molecule has 0 atom stereocenters. The summed E-state index contributed by atoms with van der Waals surface area (Å²) in [6.07, 6.45) is 0. The van der Waals surface area contributed by atoms with Crippen molar-refractivity contribution in [2.45, 2.75) is 33.2 Å². The van der Waals surface area contributed by atoms with Crippen LogP contribution in [0.15, 0.2) is 0 Å². The van der Waals surface area contributed by atoms with Gasteiger partial charge in [0.05, 0.1) is 0 Å². The van der Waals surface area contributed by atoms with E-state index in [2.05, 4.69) is 47.8 Å². The molecule has 1 aromatic heterocycles. The second-order valence-electron chi connectivity index (χ2n) is 5.72. The number of piperazine rings is 1. The highest BCUT2D eigenvalue weighted by molar-refractivity contribution is 6.30. The molecule has 0 bridgehead atoms. The Morgan fingerprint density at radius 2 is 1.78 bits per heavy atom. The summed E-state index contributed by atoms with van der Waals surface area (Å²) in [5, 5.41) is 8.82. The average Bonchev–Trinajstić information content (AvgIpc) is 2.30. The number of likely N-dealkylation sites (N-methyl/N-ethyl adjacent to an activating group) is 1. The molecule has 0 amide bonds. The largest absolute Gasteiger partial charge is 0.352 e. The third-order valence-corrected chi connectivity index (χ3v) is 4.41. The quantitative estimate of drug-likeness (QED) is 0.782. The maximum absolute atomic E-state index is 6.00. The topological polar surface area (TPSA) is 32.3 Å². The number of nitrogens with zero attached hydrogens (tertiary/aromatic N) is 4. The standard InChI is InChI=1S/C13H21ClN4/c1-9-10(2)12(16-15-11(9)14)18-7-6-17(5)13(3,4)8-18/h6-8H2,1-5H3. The molecule has 0 radical (unpaired) electrons. The highest BCUT2D eigenvalue weighted by atomic mass is 35.5. The Bertz CT molecular complexity index is 459. The molecule has 0 aromatic carbocycles. The van der Waals surface area contributed by atoms with E-state index in [1.54, 1.807) is 0 Å². The number of anilines is 1. The first kappa shape index (κ1) is 13.6. The van der Waals surface area contributed by atoms with Crippen LogP contribution < -0.4 is 4.90 Å². The molecule has 5 heteroatoms. The zero-order valence-corrected chi connectivity index (χ0v) is 12.5. The van der Waals surface area contributed by atoms with Crippen LogP contribution in [-0.4, -0.2) is 47.3 Å². The van der Waals surface area contributed by atoms with Gasteiger partial charge in [-0.25, -0.2) is 0 Å². The van der Waals surface area contributed by atoms with Gasteiger partial charge in [0.25, 0.3) is 0 Å². The Kier molecular flexibility index (Phi) is 3.52. The smallest absolute Gasteiger partial charge is 0.155 e. The van der Waals surface area contributed by atoms with Gasteiger partial charge in [0, 0.05) is 25.2 Å². The van der Waals surface area contributed by atoms with Gasteiger partial charge in [-0.1, -0.05) is 11.6 Å². The molecule has 1 aliphatic rings. The molecular weight excluding hydrogens is 248 g/mol. The zero-order chi connectivity index (χ0) is 13.5. The fraction of sp³-hybridized carbons (Fsp3) is 0.692. The van der Waals surface area contributed by atoms with Gasteiger partial charge in [-0.15, -0.1) is 10.2 Å². The summed E-state index contributed by atoms with van der Waals surface area (Å²) in [6.45, 7) is 11.6. The predicted octanol–water partition coefficient (Wildman–Crippen LogP) is 2.28. The molecular formula is C13H21ClN4. The van der Waals surface area contributed by atoms with Crippen molar-refractivity contribution in [3.63, 3.8) is 0 Å². The van der Waals surface area contributed by atoms with Crippen molar-refractivity contribution in [1.82, 2.24) is 15.1 Å². The lowest BCUT2D eigenvalue weighted by Gasteiger charge is -2.46. The molecule has 0 spiro atoms. The van der Waals surface area contributed by atoms with Crippen LogP contribution >= 0.6 is 11.6 Å². The fourth-order valence-electron chi connectivity index (χ4n) is 2.29. The Morgan fingerprint density at radius 1 is 1.11 bits per heavy atom. The minimum absolute atomic E-state index is 0.153. The van der Waals surface area contributed by atoms with Gasteiger partial charge in [-0.3, -0.25) is 4.90 Å². The molecule has 0 N–H and O–H groups in total. The van der Waals surface area contributed by atoms with E-state index in [4.69, 9.17) is 11.6 Å². The Morgan fingerprint density at radius 3 is 2.39 bits per heavy atom. The highest BCUT2D eigenvalue weighted by Gasteiger charge is 2.32. The number of halogens is 1. The predicted molar refractivity (Wildman–Crippen MR) is 75.4 cm³/mol. The number of hydrogen-bond donors (Lipinski definition) is 0. The lowest BCUT2D eigenvalue weighted by atomic mass is 9.99. The van der Waals surface area contributed by atoms with Crippen LogP contribution in [0.5, 0.6) is 0 Å². The Hall–Kier alpha value is -0.870. The molecule has 4 nitrogen and oxygen atoms in total. The molecule has 0 unspecified atom stereocenters. The fourth-order valence-corrected chi connectivity index (χ4v) is 2.46. The lowest BCUT2D eigenvalue weighted by molar-refractivity contribution is 0.138. The molecule has 0 saturated carbocycles. The molecule has 1 aromatic rings. The normalized spacial score (nSPS) is 20.2. The van der Waals surface area contributed by atoms with Crippen molar-refractivity contribution >= 4 is 17.4 Å². The minimum atomic E-state index is 0.153. The van der Waals surface area contributed by atoms with Crippen LogP contribution in [0.4, 0.5) is 5.82 Å². The maximum atomic E-state index is 6.00. The van der Waals surface area contributed by atoms with Crippen molar-refractivity contribution < 1.29 is 0 Å². The van der Waals surface area contributed by atoms with E-state index in [0.29, 0.717) is 5.15 Å². The molecule has 0 aliphatic carbocycles. The van der Waals surface area contributed by atoms with Crippen LogP contribution in [-0.2, 0) is 0 Å². The van der Waals surface area contributed by atoms with Gasteiger partial charge in [0.15, 0.2) is 11.0 Å². The highest BCUT2D eigenvalue weighted by Crippen LogP contribution is 2.28. The van der Waals surface area contributed by atoms with E-state index in [1.807, 2.05) is 6.92 Å². The molecule has 2 heterocycles. The van der Waals surface area contributed by atoms with Crippen LogP contribution in [0.1, 0.15) is 25.0 Å². The summed E-state index contributed by atoms with van der Waals surface area (Å²) in [4.78, 5) is 4.70. The van der Waals surface area contributed by atoms with Gasteiger partial charge < -0.3 is 4.90 Å². The van der Waals surface area contributed by atoms with E-state index in [0.717, 1.165) is 36.6 Å². The lowest BCUT2D eigenvalue weighted by Crippen LogP contribution is -2.58. The molecule has 1 aliphatic heterocycles. The first-order valence-electron chi connectivity index (χ1n) is 6.28. The summed E-state index contributed by atoms with van der Waals surface area (Å²) in [5.74, 6) is 0.970. The van der Waals surface area contributed by atoms with Crippen molar-refractivity contribution in [2.75, 3.05) is 31.6 Å². The molecule has 18 heavy (non-hydrogen) atoms. The monoisotopic (exact) mass is 268 g/mol. The summed E-state index contributed by atoms with van der Waals surface area (Å²) in [6, 6.07) is 0. The molecule has 1 fully saturated rings. The molecule has 1 saturated heterocycles. The van der Waals surface area contributed by atoms with Crippen molar-refractivity contribution in [2.24, 2.45) is 0 Å². The second-order valence-corrected chi connectivity index (χ2v) is 6.08. The van der Waals surface area contributed by atoms with Gasteiger partial charge in [-0.05, 0) is 45.9 Å². The van der Waals surface area contributed by atoms with E-state index in [1.165, 1.54) is 0 Å². The van der Waals surface area contributed by atoms with E-state index < -0.39 is 0 Å². The third kappa shape index (κ3) is 2.31. The van der Waals surface area contributed by atoms with E-state index in [9.17, 15) is 0 Å². The van der Waals surface area contributed by atoms with E-state index >= 15 is 0 Å². The van der Waals surface area contributed by atoms with Gasteiger partial charge in [0.2, 0.25) is 0 Å². The van der Waals surface area contributed by atoms with Crippen LogP contribution in [0.3, 0.4) is 0 Å². The minimum Gasteiger partial charge on any atom is -0.352 e. The number of rotatable bonds is 1. The molecule has 100 valence electrons. The Labute approximate surface area is 114 Å². The number of aromatic nitrogens is 2. The second kappa shape index (κ2) is 4.67. The third-order valence-electron chi connectivity index (χ3n) is 4.06. The SMILES string of the molecule is Cc1c(Cl)nnc(N2CCN(C)C(C)(C)C2)c1C. The first-order chi connectivity index (χ1) is 8.33. The summed E-state index contributed by atoms with van der Waals surface area (Å²) < 4.78 is 0. The van der Waals surface area contributed by atoms with E-state index in [-0.39, 0.29) is 5.54 Å². The maximum Gasteiger partial charge on any atom is 0.155 e. The molecule has 2 rings (SSSR count). The summed E-state index contributed by atoms with van der Waals surface area (Å²) >= 11 is 6.00. The Balaban J connectivity index is 2.31. The zero-order valence-electron chi connectivity index (χ0n) is 11.8. The summed E-state index contributed by atoms with van der Waals surface area (Å²) in [5.41, 5.74) is 2.31. The summed E-state index contributed by atoms with van der Waals surface area (Å²) in [7, 11) is 2.17. The van der Waals surface area contributed by atoms with Gasteiger partial charge in [0.1, 0.15) is 0 Å². The van der Waals surface area contributed by atoms with Crippen molar-refractivity contribution in [1.29, 1.82) is 0 Å². The first-order valence-corrected chi connectivity index (χ1v) is 6.66. The van der Waals surface area contributed by atoms with Crippen molar-refractivity contribution in [3.8, 4) is 0 Å². The van der Waals surface area contributed by atoms with Crippen LogP contribution in [0.2, 0.25) is 5.15 Å². The van der Waals surface area contributed by atoms with Gasteiger partial charge in [-0.2, -0.15) is 0 Å². The van der Waals surface area contributed by atoms with Gasteiger partial charge >= 0.3 is 0 Å². The van der Waals surface area contributed by atoms with Crippen LogP contribution in [0, 0.1) is 13.8 Å². The van der Waals surface area contributed by atoms with Crippen molar-refractivity contribution in [3.05, 3.63) is 16.3 Å². The average molecular weight is 269 g/mol. The number of hydrogen-bond acceptors (Lipinski definition) is 4.